The highest BCUT2D eigenvalue weighted by molar-refractivity contribution is 7.91. The summed E-state index contributed by atoms with van der Waals surface area (Å²) in [7, 11) is -3.98. The Morgan fingerprint density at radius 2 is 1.88 bits per heavy atom. The van der Waals surface area contributed by atoms with Crippen molar-refractivity contribution in [2.24, 2.45) is 11.5 Å². The molecule has 0 radical (unpaired) electrons. The number of hydrogen-bond acceptors (Lipinski definition) is 4. The lowest BCUT2D eigenvalue weighted by Gasteiger charge is -2.08. The zero-order valence-electron chi connectivity index (χ0n) is 8.56. The van der Waals surface area contributed by atoms with Crippen molar-refractivity contribution in [3.8, 4) is 0 Å². The summed E-state index contributed by atoms with van der Waals surface area (Å²) in [6.45, 7) is 0. The van der Waals surface area contributed by atoms with Gasteiger partial charge in [-0.25, -0.2) is 17.2 Å². The van der Waals surface area contributed by atoms with E-state index >= 15 is 0 Å². The summed E-state index contributed by atoms with van der Waals surface area (Å²) in [4.78, 5) is 10.2. The molecule has 0 aromatic heterocycles. The van der Waals surface area contributed by atoms with Gasteiger partial charge in [-0.3, -0.25) is 4.79 Å². The van der Waals surface area contributed by atoms with Gasteiger partial charge in [-0.15, -0.1) is 0 Å². The summed E-state index contributed by atoms with van der Waals surface area (Å²) in [5.74, 6) is -4.20. The molecule has 94 valence electrons. The third-order valence-electron chi connectivity index (χ3n) is 2.01. The van der Waals surface area contributed by atoms with E-state index in [1.807, 2.05) is 0 Å². The number of carbonyl (C=O) groups is 1. The van der Waals surface area contributed by atoms with Crippen LogP contribution in [-0.4, -0.2) is 26.1 Å². The van der Waals surface area contributed by atoms with Crippen LogP contribution in [0.15, 0.2) is 23.1 Å². The fourth-order valence-corrected chi connectivity index (χ4v) is 2.47. The number of primary amides is 1. The van der Waals surface area contributed by atoms with Crippen LogP contribution in [0.25, 0.3) is 0 Å². The maximum atomic E-state index is 12.8. The predicted octanol–water partition coefficient (Wildman–Crippen LogP) is -0.449. The second-order valence-corrected chi connectivity index (χ2v) is 5.40. The van der Waals surface area contributed by atoms with Crippen molar-refractivity contribution in [1.82, 2.24) is 0 Å². The molecule has 1 aromatic carbocycles. The zero-order valence-corrected chi connectivity index (χ0v) is 9.38. The van der Waals surface area contributed by atoms with Gasteiger partial charge in [0.25, 0.3) is 0 Å². The van der Waals surface area contributed by atoms with Crippen molar-refractivity contribution in [1.29, 1.82) is 0 Å². The maximum Gasteiger partial charge on any atom is 0.235 e. The van der Waals surface area contributed by atoms with E-state index in [2.05, 4.69) is 0 Å². The number of nitrogens with two attached hydrogens (primary N) is 2. The second-order valence-electron chi connectivity index (χ2n) is 3.37. The van der Waals surface area contributed by atoms with E-state index in [1.165, 1.54) is 0 Å². The lowest BCUT2D eigenvalue weighted by atomic mass is 10.3. The van der Waals surface area contributed by atoms with E-state index in [0.717, 1.165) is 6.07 Å². The molecular formula is C9H10F2N2O3S. The van der Waals surface area contributed by atoms with Gasteiger partial charge in [-0.1, -0.05) is 0 Å². The fraction of sp³-hybridized carbons (Fsp3) is 0.222. The minimum atomic E-state index is -3.98. The maximum absolute atomic E-state index is 12.8. The number of amides is 1. The van der Waals surface area contributed by atoms with Gasteiger partial charge in [0.2, 0.25) is 5.91 Å². The van der Waals surface area contributed by atoms with Crippen LogP contribution in [0.2, 0.25) is 0 Å². The molecule has 0 saturated heterocycles. The van der Waals surface area contributed by atoms with Gasteiger partial charge in [0.15, 0.2) is 21.5 Å². The Bertz CT molecular complexity index is 545. The van der Waals surface area contributed by atoms with Crippen molar-refractivity contribution < 1.29 is 22.0 Å². The van der Waals surface area contributed by atoms with Crippen LogP contribution < -0.4 is 11.5 Å². The topological polar surface area (TPSA) is 103 Å². The number of benzene rings is 1. The average Bonchev–Trinajstić information content (AvgIpc) is 2.21. The average molecular weight is 264 g/mol. The van der Waals surface area contributed by atoms with Gasteiger partial charge < -0.3 is 11.5 Å². The van der Waals surface area contributed by atoms with Gasteiger partial charge in [-0.05, 0) is 18.2 Å². The summed E-state index contributed by atoms with van der Waals surface area (Å²) in [6.07, 6.45) is 0. The Kier molecular flexibility index (Phi) is 3.79. The predicted molar refractivity (Wildman–Crippen MR) is 55.6 cm³/mol. The third kappa shape index (κ3) is 3.21. The molecule has 1 unspecified atom stereocenters. The van der Waals surface area contributed by atoms with Gasteiger partial charge in [-0.2, -0.15) is 0 Å². The molecule has 0 spiro atoms. The number of carbonyl (C=O) groups excluding carboxylic acids is 1. The molecule has 0 aliphatic heterocycles. The highest BCUT2D eigenvalue weighted by Gasteiger charge is 2.23. The quantitative estimate of drug-likeness (QED) is 0.719. The van der Waals surface area contributed by atoms with Crippen LogP contribution in [-0.2, 0) is 14.6 Å². The fourth-order valence-electron chi connectivity index (χ4n) is 1.09. The Labute approximate surface area is 96.3 Å². The minimum Gasteiger partial charge on any atom is -0.368 e. The van der Waals surface area contributed by atoms with Gasteiger partial charge in [0.05, 0.1) is 16.7 Å². The molecule has 0 bridgehead atoms. The largest absolute Gasteiger partial charge is 0.368 e. The molecule has 0 aliphatic carbocycles. The molecule has 0 saturated carbocycles. The summed E-state index contributed by atoms with van der Waals surface area (Å²) in [5, 5.41) is 0. The molecule has 0 fully saturated rings. The van der Waals surface area contributed by atoms with Crippen molar-refractivity contribution in [2.75, 3.05) is 5.75 Å². The first-order valence-corrected chi connectivity index (χ1v) is 6.12. The highest BCUT2D eigenvalue weighted by atomic mass is 32.2. The molecule has 1 amide bonds. The first-order chi connectivity index (χ1) is 7.74. The molecule has 1 aromatic rings. The number of halogens is 2. The normalized spacial score (nSPS) is 13.4. The van der Waals surface area contributed by atoms with Crippen molar-refractivity contribution in [3.63, 3.8) is 0 Å². The Morgan fingerprint density at radius 3 is 2.35 bits per heavy atom. The summed E-state index contributed by atoms with van der Waals surface area (Å²) in [5.41, 5.74) is 10.00. The van der Waals surface area contributed by atoms with E-state index in [-0.39, 0.29) is 0 Å². The zero-order chi connectivity index (χ0) is 13.2. The first-order valence-electron chi connectivity index (χ1n) is 4.47. The smallest absolute Gasteiger partial charge is 0.235 e. The van der Waals surface area contributed by atoms with E-state index in [4.69, 9.17) is 11.5 Å². The van der Waals surface area contributed by atoms with E-state index in [1.54, 1.807) is 0 Å². The highest BCUT2D eigenvalue weighted by Crippen LogP contribution is 2.15. The summed E-state index contributed by atoms with van der Waals surface area (Å²) >= 11 is 0. The van der Waals surface area contributed by atoms with E-state index in [0.29, 0.717) is 12.1 Å². The van der Waals surface area contributed by atoms with Crippen LogP contribution in [0.4, 0.5) is 8.78 Å². The molecule has 1 rings (SSSR count). The van der Waals surface area contributed by atoms with Crippen LogP contribution in [0.1, 0.15) is 0 Å². The molecule has 0 aliphatic rings. The van der Waals surface area contributed by atoms with Gasteiger partial charge >= 0.3 is 0 Å². The minimum absolute atomic E-state index is 0.451. The summed E-state index contributed by atoms with van der Waals surface area (Å²) < 4.78 is 48.7. The molecule has 4 N–H and O–H groups in total. The van der Waals surface area contributed by atoms with Crippen molar-refractivity contribution in [3.05, 3.63) is 29.8 Å². The van der Waals surface area contributed by atoms with Crippen molar-refractivity contribution >= 4 is 15.7 Å². The van der Waals surface area contributed by atoms with Crippen LogP contribution in [0, 0.1) is 11.6 Å². The SMILES string of the molecule is NC(=O)C(N)CS(=O)(=O)c1ccc(F)c(F)c1. The number of sulfone groups is 1. The van der Waals surface area contributed by atoms with Crippen LogP contribution >= 0.6 is 0 Å². The summed E-state index contributed by atoms with van der Waals surface area (Å²) in [6, 6.07) is 0.700. The lowest BCUT2D eigenvalue weighted by molar-refractivity contribution is -0.118. The van der Waals surface area contributed by atoms with E-state index in [9.17, 15) is 22.0 Å². The molecular weight excluding hydrogens is 254 g/mol. The van der Waals surface area contributed by atoms with Crippen molar-refractivity contribution in [2.45, 2.75) is 10.9 Å². The Balaban J connectivity index is 3.05. The molecule has 8 heteroatoms. The number of rotatable bonds is 4. The van der Waals surface area contributed by atoms with Crippen LogP contribution in [0.5, 0.6) is 0 Å². The second kappa shape index (κ2) is 4.76. The standard InChI is InChI=1S/C9H10F2N2O3S/c10-6-2-1-5(3-7(6)11)17(15,16)4-8(12)9(13)14/h1-3,8H,4,12H2,(H2,13,14). The molecule has 0 heterocycles. The third-order valence-corrected chi connectivity index (χ3v) is 3.78. The molecule has 17 heavy (non-hydrogen) atoms. The number of hydrogen-bond donors (Lipinski definition) is 2. The Morgan fingerprint density at radius 1 is 1.29 bits per heavy atom. The molecule has 5 nitrogen and oxygen atoms in total. The van der Waals surface area contributed by atoms with Gasteiger partial charge in [0.1, 0.15) is 0 Å². The van der Waals surface area contributed by atoms with Crippen LogP contribution in [0.3, 0.4) is 0 Å². The van der Waals surface area contributed by atoms with Gasteiger partial charge in [0, 0.05) is 0 Å². The Hall–Kier alpha value is -1.54. The van der Waals surface area contributed by atoms with E-state index < -0.39 is 44.1 Å². The monoisotopic (exact) mass is 264 g/mol. The molecule has 1 atom stereocenters. The lowest BCUT2D eigenvalue weighted by Crippen LogP contribution is -2.41. The first kappa shape index (κ1) is 13.5.